The average Bonchev–Trinajstić information content (AvgIpc) is 3.23. The zero-order chi connectivity index (χ0) is 15.7. The average molecular weight is 322 g/mol. The van der Waals surface area contributed by atoms with Crippen molar-refractivity contribution in [2.24, 2.45) is 5.92 Å². The van der Waals surface area contributed by atoms with E-state index >= 15 is 0 Å². The molecule has 1 saturated carbocycles. The second-order valence-electron chi connectivity index (χ2n) is 6.50. The van der Waals surface area contributed by atoms with E-state index in [-0.39, 0.29) is 18.6 Å². The summed E-state index contributed by atoms with van der Waals surface area (Å²) in [4.78, 5) is 19.7. The van der Waals surface area contributed by atoms with E-state index in [2.05, 4.69) is 30.9 Å². The van der Waals surface area contributed by atoms with E-state index in [0.29, 0.717) is 11.8 Å². The molecule has 1 amide bonds. The number of aliphatic hydroxyl groups excluding tert-OH is 1. The zero-order valence-corrected chi connectivity index (χ0v) is 14.3. The number of aliphatic hydroxyl groups is 1. The highest BCUT2D eigenvalue weighted by Crippen LogP contribution is 2.50. The van der Waals surface area contributed by atoms with Crippen molar-refractivity contribution in [2.45, 2.75) is 38.6 Å². The smallest absolute Gasteiger partial charge is 0.226 e. The summed E-state index contributed by atoms with van der Waals surface area (Å²) >= 11 is 1.83. The molecule has 122 valence electrons. The fraction of sp³-hybridized carbons (Fsp3) is 0.706. The largest absolute Gasteiger partial charge is 0.395 e. The molecule has 3 unspecified atom stereocenters. The molecule has 1 N–H and O–H groups in total. The lowest BCUT2D eigenvalue weighted by Gasteiger charge is -2.38. The Bertz CT molecular complexity index is 518. The van der Waals surface area contributed by atoms with Gasteiger partial charge < -0.3 is 10.0 Å². The SMILES string of the molecule is CCC(CO)N1CCN(C(=O)C2CC2c2ccc(C)s2)CC1. The van der Waals surface area contributed by atoms with Gasteiger partial charge in [-0.15, -0.1) is 11.3 Å². The quantitative estimate of drug-likeness (QED) is 0.902. The molecular formula is C17H26N2O2S. The molecule has 4 nitrogen and oxygen atoms in total. The van der Waals surface area contributed by atoms with E-state index in [1.165, 1.54) is 9.75 Å². The first-order chi connectivity index (χ1) is 10.6. The first-order valence-electron chi connectivity index (χ1n) is 8.34. The van der Waals surface area contributed by atoms with Gasteiger partial charge in [-0.3, -0.25) is 9.69 Å². The molecule has 0 bridgehead atoms. The monoisotopic (exact) mass is 322 g/mol. The molecule has 0 spiro atoms. The number of piperazine rings is 1. The van der Waals surface area contributed by atoms with Crippen LogP contribution in [-0.2, 0) is 4.79 Å². The Labute approximate surface area is 136 Å². The molecule has 2 heterocycles. The van der Waals surface area contributed by atoms with Crippen molar-refractivity contribution in [3.05, 3.63) is 21.9 Å². The minimum atomic E-state index is 0.212. The van der Waals surface area contributed by atoms with Crippen molar-refractivity contribution in [2.75, 3.05) is 32.8 Å². The number of hydrogen-bond donors (Lipinski definition) is 1. The first-order valence-corrected chi connectivity index (χ1v) is 9.15. The van der Waals surface area contributed by atoms with Gasteiger partial charge in [0.15, 0.2) is 0 Å². The van der Waals surface area contributed by atoms with Crippen molar-refractivity contribution in [3.63, 3.8) is 0 Å². The summed E-state index contributed by atoms with van der Waals surface area (Å²) in [6.45, 7) is 7.84. The van der Waals surface area contributed by atoms with E-state index < -0.39 is 0 Å². The van der Waals surface area contributed by atoms with Crippen LogP contribution in [0.1, 0.15) is 35.4 Å². The molecule has 1 aromatic heterocycles. The van der Waals surface area contributed by atoms with Crippen LogP contribution in [0.4, 0.5) is 0 Å². The van der Waals surface area contributed by atoms with Crippen LogP contribution >= 0.6 is 11.3 Å². The van der Waals surface area contributed by atoms with Gasteiger partial charge >= 0.3 is 0 Å². The Kier molecular flexibility index (Phi) is 4.85. The van der Waals surface area contributed by atoms with Gasteiger partial charge in [0.25, 0.3) is 0 Å². The number of amides is 1. The number of hydrogen-bond acceptors (Lipinski definition) is 4. The van der Waals surface area contributed by atoms with Gasteiger partial charge in [-0.2, -0.15) is 0 Å². The molecule has 0 aromatic carbocycles. The summed E-state index contributed by atoms with van der Waals surface area (Å²) in [5.41, 5.74) is 0. The number of thiophene rings is 1. The normalized spacial score (nSPS) is 27.0. The Morgan fingerprint density at radius 3 is 2.64 bits per heavy atom. The van der Waals surface area contributed by atoms with Gasteiger partial charge in [0.05, 0.1) is 6.61 Å². The second kappa shape index (κ2) is 6.69. The third-order valence-electron chi connectivity index (χ3n) is 5.06. The molecule has 3 atom stereocenters. The van der Waals surface area contributed by atoms with E-state index in [1.54, 1.807) is 0 Å². The van der Waals surface area contributed by atoms with Gasteiger partial charge in [-0.25, -0.2) is 0 Å². The van der Waals surface area contributed by atoms with E-state index in [1.807, 2.05) is 16.2 Å². The van der Waals surface area contributed by atoms with Crippen LogP contribution in [0.15, 0.2) is 12.1 Å². The molecule has 3 rings (SSSR count). The van der Waals surface area contributed by atoms with Crippen LogP contribution in [0.3, 0.4) is 0 Å². The minimum Gasteiger partial charge on any atom is -0.395 e. The highest BCUT2D eigenvalue weighted by atomic mass is 32.1. The predicted octanol–water partition coefficient (Wildman–Crippen LogP) is 2.08. The maximum absolute atomic E-state index is 12.6. The third kappa shape index (κ3) is 3.21. The molecular weight excluding hydrogens is 296 g/mol. The van der Waals surface area contributed by atoms with Crippen LogP contribution in [0, 0.1) is 12.8 Å². The number of nitrogens with zero attached hydrogens (tertiary/aromatic N) is 2. The number of rotatable bonds is 5. The topological polar surface area (TPSA) is 43.8 Å². The van der Waals surface area contributed by atoms with Gasteiger partial charge in [-0.1, -0.05) is 6.92 Å². The minimum absolute atomic E-state index is 0.212. The Morgan fingerprint density at radius 2 is 2.09 bits per heavy atom. The Morgan fingerprint density at radius 1 is 1.36 bits per heavy atom. The molecule has 1 aromatic rings. The second-order valence-corrected chi connectivity index (χ2v) is 7.82. The highest BCUT2D eigenvalue weighted by Gasteiger charge is 2.46. The Hall–Kier alpha value is -0.910. The number of carbonyl (C=O) groups is 1. The lowest BCUT2D eigenvalue weighted by atomic mass is 10.1. The molecule has 1 aliphatic carbocycles. The van der Waals surface area contributed by atoms with E-state index in [0.717, 1.165) is 39.0 Å². The van der Waals surface area contributed by atoms with Crippen LogP contribution < -0.4 is 0 Å². The van der Waals surface area contributed by atoms with Crippen molar-refractivity contribution in [1.29, 1.82) is 0 Å². The zero-order valence-electron chi connectivity index (χ0n) is 13.5. The summed E-state index contributed by atoms with van der Waals surface area (Å²) in [6.07, 6.45) is 1.99. The molecule has 1 saturated heterocycles. The number of carbonyl (C=O) groups excluding carboxylic acids is 1. The van der Waals surface area contributed by atoms with Crippen LogP contribution in [0.2, 0.25) is 0 Å². The summed E-state index contributed by atoms with van der Waals surface area (Å²) in [6, 6.07) is 4.58. The maximum atomic E-state index is 12.6. The third-order valence-corrected chi connectivity index (χ3v) is 6.19. The fourth-order valence-corrected chi connectivity index (χ4v) is 4.54. The van der Waals surface area contributed by atoms with E-state index in [4.69, 9.17) is 0 Å². The molecule has 2 fully saturated rings. The summed E-state index contributed by atoms with van der Waals surface area (Å²) in [5.74, 6) is 1.02. The van der Waals surface area contributed by atoms with Crippen LogP contribution in [0.5, 0.6) is 0 Å². The first kappa shape index (κ1) is 16.0. The number of aryl methyl sites for hydroxylation is 1. The van der Waals surface area contributed by atoms with Crippen LogP contribution in [0.25, 0.3) is 0 Å². The summed E-state index contributed by atoms with van der Waals surface area (Å²) in [7, 11) is 0. The van der Waals surface area contributed by atoms with Crippen LogP contribution in [-0.4, -0.2) is 59.6 Å². The molecule has 2 aliphatic rings. The maximum Gasteiger partial charge on any atom is 0.226 e. The summed E-state index contributed by atoms with van der Waals surface area (Å²) < 4.78 is 0. The van der Waals surface area contributed by atoms with Crippen molar-refractivity contribution in [3.8, 4) is 0 Å². The molecule has 0 radical (unpaired) electrons. The molecule has 22 heavy (non-hydrogen) atoms. The van der Waals surface area contributed by atoms with E-state index in [9.17, 15) is 9.90 Å². The predicted molar refractivity (Wildman–Crippen MR) is 89.2 cm³/mol. The highest BCUT2D eigenvalue weighted by molar-refractivity contribution is 7.12. The standard InChI is InChI=1S/C17H26N2O2S/c1-3-13(11-20)18-6-8-19(9-7-18)17(21)15-10-14(15)16-5-4-12(2)22-16/h4-5,13-15,20H,3,6-11H2,1-2H3. The molecule has 1 aliphatic heterocycles. The lowest BCUT2D eigenvalue weighted by Crippen LogP contribution is -2.53. The van der Waals surface area contributed by atoms with Crippen molar-refractivity contribution < 1.29 is 9.90 Å². The van der Waals surface area contributed by atoms with Gasteiger partial charge in [0.2, 0.25) is 5.91 Å². The van der Waals surface area contributed by atoms with Gasteiger partial charge in [-0.05, 0) is 31.9 Å². The van der Waals surface area contributed by atoms with Gasteiger partial charge in [0.1, 0.15) is 0 Å². The van der Waals surface area contributed by atoms with Crippen molar-refractivity contribution >= 4 is 17.2 Å². The fourth-order valence-electron chi connectivity index (χ4n) is 3.48. The van der Waals surface area contributed by atoms with Crippen molar-refractivity contribution in [1.82, 2.24) is 9.80 Å². The summed E-state index contributed by atoms with van der Waals surface area (Å²) in [5, 5.41) is 9.39. The lowest BCUT2D eigenvalue weighted by molar-refractivity contribution is -0.134. The van der Waals surface area contributed by atoms with Gasteiger partial charge in [0, 0.05) is 53.8 Å². The molecule has 5 heteroatoms. The Balaban J connectivity index is 1.51.